The fraction of sp³-hybridized carbons (Fsp3) is 0.320. The second-order valence-corrected chi connectivity index (χ2v) is 8.21. The van der Waals surface area contributed by atoms with Crippen LogP contribution in [0.3, 0.4) is 0 Å². The summed E-state index contributed by atoms with van der Waals surface area (Å²) in [6.07, 6.45) is 4.02. The maximum absolute atomic E-state index is 14.1. The molecule has 1 aliphatic heterocycles. The molecule has 1 saturated heterocycles. The predicted molar refractivity (Wildman–Crippen MR) is 123 cm³/mol. The molecule has 1 aromatic heterocycles. The van der Waals surface area contributed by atoms with E-state index < -0.39 is 5.82 Å². The van der Waals surface area contributed by atoms with Crippen LogP contribution in [0.4, 0.5) is 4.39 Å². The Morgan fingerprint density at radius 2 is 1.91 bits per heavy atom. The molecule has 0 spiro atoms. The monoisotopic (exact) mass is 450 g/mol. The molecule has 0 bridgehead atoms. The number of amides is 2. The molecule has 1 unspecified atom stereocenters. The van der Waals surface area contributed by atoms with Crippen LogP contribution in [0.25, 0.3) is 22.8 Å². The third-order valence-corrected chi connectivity index (χ3v) is 5.89. The van der Waals surface area contributed by atoms with Gasteiger partial charge in [-0.2, -0.15) is 0 Å². The average molecular weight is 451 g/mol. The van der Waals surface area contributed by atoms with Crippen molar-refractivity contribution in [3.63, 3.8) is 0 Å². The first-order valence-corrected chi connectivity index (χ1v) is 11.1. The molecular weight excluding hydrogens is 423 g/mol. The molecule has 7 nitrogen and oxygen atoms in total. The molecule has 172 valence electrons. The van der Waals surface area contributed by atoms with Crippen molar-refractivity contribution in [2.24, 2.45) is 11.7 Å². The molecule has 0 aliphatic carbocycles. The molecular formula is C25H27FN4O3. The summed E-state index contributed by atoms with van der Waals surface area (Å²) >= 11 is 0. The predicted octanol–water partition coefficient (Wildman–Crippen LogP) is 3.46. The number of nitrogens with two attached hydrogens (primary N) is 1. The summed E-state index contributed by atoms with van der Waals surface area (Å²) in [6.45, 7) is 2.91. The summed E-state index contributed by atoms with van der Waals surface area (Å²) in [7, 11) is 0. The van der Waals surface area contributed by atoms with Gasteiger partial charge in [0.05, 0.1) is 23.2 Å². The normalized spacial score (nSPS) is 16.5. The lowest BCUT2D eigenvalue weighted by Crippen LogP contribution is -2.42. The highest BCUT2D eigenvalue weighted by atomic mass is 19.1. The first-order valence-electron chi connectivity index (χ1n) is 11.1. The Bertz CT molecular complexity index is 1130. The number of halogens is 1. The Balaban J connectivity index is 1.37. The van der Waals surface area contributed by atoms with E-state index in [0.717, 1.165) is 32.4 Å². The zero-order valence-electron chi connectivity index (χ0n) is 18.3. The van der Waals surface area contributed by atoms with Crippen LogP contribution in [0.1, 0.15) is 29.6 Å². The largest absolute Gasteiger partial charge is 0.436 e. The maximum atomic E-state index is 14.1. The van der Waals surface area contributed by atoms with Crippen LogP contribution in [0.5, 0.6) is 0 Å². The molecule has 3 aromatic rings. The summed E-state index contributed by atoms with van der Waals surface area (Å²) in [6, 6.07) is 13.3. The van der Waals surface area contributed by atoms with Gasteiger partial charge in [-0.05, 0) is 56.6 Å². The summed E-state index contributed by atoms with van der Waals surface area (Å²) in [5.74, 6) is -0.407. The standard InChI is InChI=1S/C25H27FN4O3/c26-21-11-4-3-10-20(21)22-15-29-25(33-22)19-9-2-1-8-18(19)24(32)28-12-6-14-30-13-5-7-17(16-30)23(27)31/h1-4,8-11,15,17H,5-7,12-14,16H2,(H2,27,31)(H,28,32). The highest BCUT2D eigenvalue weighted by molar-refractivity contribution is 6.00. The third-order valence-electron chi connectivity index (χ3n) is 5.89. The number of hydrogen-bond acceptors (Lipinski definition) is 5. The Kier molecular flexibility index (Phi) is 7.14. The number of hydrogen-bond donors (Lipinski definition) is 2. The zero-order chi connectivity index (χ0) is 23.2. The van der Waals surface area contributed by atoms with Gasteiger partial charge < -0.3 is 20.4 Å². The number of carbonyl (C=O) groups excluding carboxylic acids is 2. The quantitative estimate of drug-likeness (QED) is 0.512. The fourth-order valence-corrected chi connectivity index (χ4v) is 4.14. The highest BCUT2D eigenvalue weighted by Gasteiger charge is 2.23. The van der Waals surface area contributed by atoms with Crippen molar-refractivity contribution in [1.29, 1.82) is 0 Å². The lowest BCUT2D eigenvalue weighted by atomic mass is 9.97. The van der Waals surface area contributed by atoms with E-state index in [1.165, 1.54) is 12.3 Å². The van der Waals surface area contributed by atoms with Crippen molar-refractivity contribution in [1.82, 2.24) is 15.2 Å². The SMILES string of the molecule is NC(=O)C1CCCN(CCCNC(=O)c2ccccc2-c2ncc(-c3ccccc3F)o2)C1. The van der Waals surface area contributed by atoms with Gasteiger partial charge in [-0.1, -0.05) is 24.3 Å². The smallest absolute Gasteiger partial charge is 0.252 e. The van der Waals surface area contributed by atoms with Gasteiger partial charge in [0.1, 0.15) is 5.82 Å². The number of carbonyl (C=O) groups is 2. The number of primary amides is 1. The number of rotatable bonds is 8. The van der Waals surface area contributed by atoms with Crippen molar-refractivity contribution >= 4 is 11.8 Å². The van der Waals surface area contributed by atoms with E-state index in [1.807, 2.05) is 0 Å². The lowest BCUT2D eigenvalue weighted by molar-refractivity contribution is -0.123. The van der Waals surface area contributed by atoms with E-state index in [2.05, 4.69) is 15.2 Å². The molecule has 1 aliphatic rings. The van der Waals surface area contributed by atoms with Crippen molar-refractivity contribution in [3.05, 3.63) is 66.1 Å². The van der Waals surface area contributed by atoms with Gasteiger partial charge >= 0.3 is 0 Å². The second kappa shape index (κ2) is 10.4. The van der Waals surface area contributed by atoms with Crippen LogP contribution >= 0.6 is 0 Å². The highest BCUT2D eigenvalue weighted by Crippen LogP contribution is 2.29. The number of benzene rings is 2. The fourth-order valence-electron chi connectivity index (χ4n) is 4.14. The molecule has 0 radical (unpaired) electrons. The first-order chi connectivity index (χ1) is 16.0. The topological polar surface area (TPSA) is 101 Å². The Labute approximate surface area is 191 Å². The van der Waals surface area contributed by atoms with Crippen LogP contribution in [-0.4, -0.2) is 47.9 Å². The summed E-state index contributed by atoms with van der Waals surface area (Å²) in [5.41, 5.74) is 6.73. The molecule has 4 rings (SSSR count). The van der Waals surface area contributed by atoms with Gasteiger partial charge in [0, 0.05) is 18.7 Å². The van der Waals surface area contributed by atoms with Crippen LogP contribution in [0.2, 0.25) is 0 Å². The molecule has 33 heavy (non-hydrogen) atoms. The molecule has 2 amide bonds. The van der Waals surface area contributed by atoms with Gasteiger partial charge in [0.15, 0.2) is 5.76 Å². The number of likely N-dealkylation sites (tertiary alicyclic amines) is 1. The van der Waals surface area contributed by atoms with Crippen LogP contribution in [0.15, 0.2) is 59.1 Å². The van der Waals surface area contributed by atoms with E-state index in [9.17, 15) is 14.0 Å². The summed E-state index contributed by atoms with van der Waals surface area (Å²) in [4.78, 5) is 30.8. The average Bonchev–Trinajstić information content (AvgIpc) is 3.32. The van der Waals surface area contributed by atoms with Crippen molar-refractivity contribution in [3.8, 4) is 22.8 Å². The van der Waals surface area contributed by atoms with Gasteiger partial charge in [0.2, 0.25) is 11.8 Å². The lowest BCUT2D eigenvalue weighted by Gasteiger charge is -2.31. The minimum Gasteiger partial charge on any atom is -0.436 e. The molecule has 2 aromatic carbocycles. The molecule has 0 saturated carbocycles. The van der Waals surface area contributed by atoms with E-state index in [0.29, 0.717) is 35.5 Å². The van der Waals surface area contributed by atoms with Crippen LogP contribution < -0.4 is 11.1 Å². The summed E-state index contributed by atoms with van der Waals surface area (Å²) in [5, 5.41) is 2.94. The summed E-state index contributed by atoms with van der Waals surface area (Å²) < 4.78 is 19.9. The van der Waals surface area contributed by atoms with Gasteiger partial charge in [0.25, 0.3) is 5.91 Å². The number of nitrogens with zero attached hydrogens (tertiary/aromatic N) is 2. The van der Waals surface area contributed by atoms with Crippen molar-refractivity contribution < 1.29 is 18.4 Å². The number of nitrogens with one attached hydrogen (secondary N) is 1. The molecule has 2 heterocycles. The van der Waals surface area contributed by atoms with E-state index in [-0.39, 0.29) is 23.6 Å². The van der Waals surface area contributed by atoms with Crippen LogP contribution in [0, 0.1) is 11.7 Å². The van der Waals surface area contributed by atoms with Gasteiger partial charge in [-0.15, -0.1) is 0 Å². The van der Waals surface area contributed by atoms with Crippen LogP contribution in [-0.2, 0) is 4.79 Å². The number of piperidine rings is 1. The molecule has 1 fully saturated rings. The zero-order valence-corrected chi connectivity index (χ0v) is 18.3. The van der Waals surface area contributed by atoms with Crippen molar-refractivity contribution in [2.75, 3.05) is 26.2 Å². The number of oxazole rings is 1. The molecule has 8 heteroatoms. The van der Waals surface area contributed by atoms with Crippen molar-refractivity contribution in [2.45, 2.75) is 19.3 Å². The Hall–Kier alpha value is -3.52. The van der Waals surface area contributed by atoms with Gasteiger partial charge in [-0.3, -0.25) is 9.59 Å². The molecule has 1 atom stereocenters. The Morgan fingerprint density at radius 1 is 1.15 bits per heavy atom. The second-order valence-electron chi connectivity index (χ2n) is 8.21. The minimum absolute atomic E-state index is 0.0877. The number of aromatic nitrogens is 1. The Morgan fingerprint density at radius 3 is 2.70 bits per heavy atom. The first kappa shape index (κ1) is 22.7. The third kappa shape index (κ3) is 5.46. The van der Waals surface area contributed by atoms with E-state index in [4.69, 9.17) is 10.2 Å². The maximum Gasteiger partial charge on any atom is 0.252 e. The van der Waals surface area contributed by atoms with Gasteiger partial charge in [-0.25, -0.2) is 9.37 Å². The van der Waals surface area contributed by atoms with E-state index in [1.54, 1.807) is 42.5 Å². The van der Waals surface area contributed by atoms with E-state index >= 15 is 0 Å². The minimum atomic E-state index is -0.401. The molecule has 3 N–H and O–H groups in total.